The van der Waals surface area contributed by atoms with Gasteiger partial charge in [0, 0.05) is 12.8 Å². The molecule has 198 valence electrons. The molecule has 14 nitrogen and oxygen atoms in total. The molecule has 0 aliphatic heterocycles. The van der Waals surface area contributed by atoms with Crippen molar-refractivity contribution in [2.45, 2.75) is 62.9 Å². The van der Waals surface area contributed by atoms with E-state index in [1.165, 1.54) is 6.92 Å². The van der Waals surface area contributed by atoms with Gasteiger partial charge in [0.2, 0.25) is 29.5 Å². The number of benzene rings is 1. The van der Waals surface area contributed by atoms with E-state index < -0.39 is 72.2 Å². The zero-order valence-electron chi connectivity index (χ0n) is 19.7. The number of primary amides is 2. The van der Waals surface area contributed by atoms with Crippen LogP contribution in [0.3, 0.4) is 0 Å². The number of hydrogen-bond acceptors (Lipinski definition) is 8. The van der Waals surface area contributed by atoms with Crippen LogP contribution in [0.1, 0.15) is 31.7 Å². The Balaban J connectivity index is 3.16. The number of aliphatic carboxylic acids is 1. The average molecular weight is 509 g/mol. The summed E-state index contributed by atoms with van der Waals surface area (Å²) in [7, 11) is 0. The van der Waals surface area contributed by atoms with Crippen LogP contribution in [0.5, 0.6) is 0 Å². The highest BCUT2D eigenvalue weighted by Crippen LogP contribution is 2.07. The van der Waals surface area contributed by atoms with Gasteiger partial charge in [0.1, 0.15) is 24.2 Å². The monoisotopic (exact) mass is 508 g/mol. The van der Waals surface area contributed by atoms with Crippen LogP contribution in [0, 0.1) is 0 Å². The minimum Gasteiger partial charge on any atom is -0.480 e. The van der Waals surface area contributed by atoms with Gasteiger partial charge in [-0.1, -0.05) is 30.3 Å². The second kappa shape index (κ2) is 14.4. The molecule has 0 aliphatic rings. The minimum atomic E-state index is -1.64. The lowest BCUT2D eigenvalue weighted by molar-refractivity contribution is -0.143. The quantitative estimate of drug-likeness (QED) is 0.117. The Morgan fingerprint density at radius 3 is 1.86 bits per heavy atom. The number of carboxylic acids is 1. The van der Waals surface area contributed by atoms with Crippen molar-refractivity contribution < 1.29 is 39.0 Å². The predicted octanol–water partition coefficient (Wildman–Crippen LogP) is -3.38. The first kappa shape index (κ1) is 30.0. The molecule has 0 heterocycles. The van der Waals surface area contributed by atoms with Gasteiger partial charge in [-0.05, 0) is 18.9 Å². The predicted molar refractivity (Wildman–Crippen MR) is 125 cm³/mol. The lowest BCUT2D eigenvalue weighted by Gasteiger charge is -2.25. The molecular formula is C22H32N6O8. The van der Waals surface area contributed by atoms with Crippen LogP contribution in [-0.2, 0) is 35.2 Å². The fraction of sp³-hybridized carbons (Fsp3) is 0.455. The number of amides is 5. The molecule has 5 atom stereocenters. The van der Waals surface area contributed by atoms with E-state index in [1.54, 1.807) is 30.3 Å². The molecule has 0 spiro atoms. The van der Waals surface area contributed by atoms with Crippen molar-refractivity contribution in [3.63, 3.8) is 0 Å². The summed E-state index contributed by atoms with van der Waals surface area (Å²) in [5, 5.41) is 25.8. The van der Waals surface area contributed by atoms with Gasteiger partial charge in [-0.2, -0.15) is 0 Å². The van der Waals surface area contributed by atoms with Crippen LogP contribution in [-0.4, -0.2) is 76.0 Å². The maximum atomic E-state index is 13.0. The van der Waals surface area contributed by atoms with Crippen LogP contribution >= 0.6 is 0 Å². The molecule has 1 aromatic rings. The molecule has 0 aliphatic carbocycles. The summed E-state index contributed by atoms with van der Waals surface area (Å²) in [4.78, 5) is 72.1. The first-order chi connectivity index (χ1) is 16.8. The molecule has 0 fully saturated rings. The first-order valence-corrected chi connectivity index (χ1v) is 11.0. The van der Waals surface area contributed by atoms with E-state index in [0.717, 1.165) is 0 Å². The molecule has 0 saturated carbocycles. The Bertz CT molecular complexity index is 955. The van der Waals surface area contributed by atoms with Gasteiger partial charge in [-0.3, -0.25) is 24.0 Å². The molecule has 0 aromatic heterocycles. The first-order valence-electron chi connectivity index (χ1n) is 11.0. The van der Waals surface area contributed by atoms with E-state index in [1.807, 2.05) is 0 Å². The summed E-state index contributed by atoms with van der Waals surface area (Å²) in [5.74, 6) is -5.93. The third-order valence-electron chi connectivity index (χ3n) is 5.07. The molecule has 11 N–H and O–H groups in total. The topological polar surface area (TPSA) is 257 Å². The van der Waals surface area contributed by atoms with Crippen molar-refractivity contribution in [2.75, 3.05) is 0 Å². The van der Waals surface area contributed by atoms with Crippen molar-refractivity contribution in [2.24, 2.45) is 17.2 Å². The maximum absolute atomic E-state index is 13.0. The second-order valence-corrected chi connectivity index (χ2v) is 8.15. The lowest BCUT2D eigenvalue weighted by Crippen LogP contribution is -2.58. The number of hydrogen-bond donors (Lipinski definition) is 8. The fourth-order valence-corrected chi connectivity index (χ4v) is 3.05. The smallest absolute Gasteiger partial charge is 0.326 e. The third kappa shape index (κ3) is 10.5. The summed E-state index contributed by atoms with van der Waals surface area (Å²) in [6.07, 6.45) is -2.53. The van der Waals surface area contributed by atoms with Crippen molar-refractivity contribution in [3.8, 4) is 0 Å². The van der Waals surface area contributed by atoms with Crippen LogP contribution in [0.25, 0.3) is 0 Å². The van der Waals surface area contributed by atoms with Crippen molar-refractivity contribution in [3.05, 3.63) is 35.9 Å². The number of aliphatic hydroxyl groups excluding tert-OH is 1. The Labute approximate surface area is 206 Å². The number of rotatable bonds is 15. The summed E-state index contributed by atoms with van der Waals surface area (Å²) in [6, 6.07) is 2.72. The normalized spacial score (nSPS) is 14.9. The van der Waals surface area contributed by atoms with E-state index in [4.69, 9.17) is 17.2 Å². The Hall–Kier alpha value is -4.04. The molecule has 0 bridgehead atoms. The Morgan fingerprint density at radius 1 is 0.833 bits per heavy atom. The molecule has 1 rings (SSSR count). The van der Waals surface area contributed by atoms with E-state index in [9.17, 15) is 39.0 Å². The number of nitrogens with two attached hydrogens (primary N) is 3. The number of carbonyl (C=O) groups excluding carboxylic acids is 5. The molecule has 36 heavy (non-hydrogen) atoms. The highest BCUT2D eigenvalue weighted by molar-refractivity contribution is 5.95. The van der Waals surface area contributed by atoms with Crippen LogP contribution in [0.15, 0.2) is 30.3 Å². The molecule has 14 heteroatoms. The molecular weight excluding hydrogens is 476 g/mol. The van der Waals surface area contributed by atoms with E-state index >= 15 is 0 Å². The highest BCUT2D eigenvalue weighted by Gasteiger charge is 2.31. The van der Waals surface area contributed by atoms with Crippen LogP contribution < -0.4 is 33.2 Å². The number of aliphatic hydroxyl groups is 1. The number of carbonyl (C=O) groups is 6. The van der Waals surface area contributed by atoms with Crippen molar-refractivity contribution >= 4 is 35.5 Å². The Morgan fingerprint density at radius 2 is 1.36 bits per heavy atom. The van der Waals surface area contributed by atoms with Gasteiger partial charge in [0.05, 0.1) is 12.5 Å². The van der Waals surface area contributed by atoms with E-state index in [0.29, 0.717) is 5.56 Å². The van der Waals surface area contributed by atoms with Gasteiger partial charge in [0.25, 0.3) is 0 Å². The van der Waals surface area contributed by atoms with Gasteiger partial charge >= 0.3 is 5.97 Å². The lowest BCUT2D eigenvalue weighted by atomic mass is 10.0. The van der Waals surface area contributed by atoms with Gasteiger partial charge in [-0.25, -0.2) is 4.79 Å². The number of carboxylic acid groups (broad SMARTS) is 1. The SMILES string of the molecule is CC(O)C(N)C(=O)NC(CCC(N)=O)C(=O)NC(Cc1ccccc1)C(=O)NC(CC(N)=O)C(=O)O. The molecule has 5 amide bonds. The summed E-state index contributed by atoms with van der Waals surface area (Å²) in [6.45, 7) is 1.27. The number of nitrogens with one attached hydrogen (secondary N) is 3. The van der Waals surface area contributed by atoms with Crippen molar-refractivity contribution in [1.82, 2.24) is 16.0 Å². The summed E-state index contributed by atoms with van der Waals surface area (Å²) >= 11 is 0. The van der Waals surface area contributed by atoms with Crippen molar-refractivity contribution in [1.29, 1.82) is 0 Å². The molecule has 5 unspecified atom stereocenters. The molecule has 1 aromatic carbocycles. The largest absolute Gasteiger partial charge is 0.480 e. The van der Waals surface area contributed by atoms with E-state index in [-0.39, 0.29) is 19.3 Å². The second-order valence-electron chi connectivity index (χ2n) is 8.15. The molecule has 0 radical (unpaired) electrons. The van der Waals surface area contributed by atoms with Crippen LogP contribution in [0.2, 0.25) is 0 Å². The van der Waals surface area contributed by atoms with E-state index in [2.05, 4.69) is 16.0 Å². The molecule has 0 saturated heterocycles. The highest BCUT2D eigenvalue weighted by atomic mass is 16.4. The average Bonchev–Trinajstić information content (AvgIpc) is 2.80. The van der Waals surface area contributed by atoms with Gasteiger partial charge < -0.3 is 43.4 Å². The van der Waals surface area contributed by atoms with Gasteiger partial charge in [-0.15, -0.1) is 0 Å². The minimum absolute atomic E-state index is 0.0784. The maximum Gasteiger partial charge on any atom is 0.326 e. The summed E-state index contributed by atoms with van der Waals surface area (Å²) in [5.41, 5.74) is 16.4. The van der Waals surface area contributed by atoms with Crippen LogP contribution in [0.4, 0.5) is 0 Å². The zero-order valence-corrected chi connectivity index (χ0v) is 19.7. The summed E-state index contributed by atoms with van der Waals surface area (Å²) < 4.78 is 0. The van der Waals surface area contributed by atoms with Gasteiger partial charge in [0.15, 0.2) is 0 Å². The fourth-order valence-electron chi connectivity index (χ4n) is 3.05. The third-order valence-corrected chi connectivity index (χ3v) is 5.07. The standard InChI is InChI=1S/C22H32N6O8/c1-11(29)18(25)21(34)26-13(7-8-16(23)30)19(32)27-14(9-12-5-3-2-4-6-12)20(33)28-15(22(35)36)10-17(24)31/h2-6,11,13-15,18,29H,7-10,25H2,1H3,(H2,23,30)(H2,24,31)(H,26,34)(H,27,32)(H,28,33)(H,35,36). The zero-order chi connectivity index (χ0) is 27.4. The Kier molecular flexibility index (Phi) is 12.0.